The Balaban J connectivity index is 3.69. The molecule has 0 fully saturated rings. The molecule has 0 aliphatic heterocycles. The van der Waals surface area contributed by atoms with Gasteiger partial charge in [-0.25, -0.2) is 0 Å². The van der Waals surface area contributed by atoms with Gasteiger partial charge in [0.1, 0.15) is 0 Å². The maximum absolute atomic E-state index is 9.19. The van der Waals surface area contributed by atoms with Gasteiger partial charge in [0.15, 0.2) is 9.76 Å². The van der Waals surface area contributed by atoms with Gasteiger partial charge in [0.2, 0.25) is 0 Å². The van der Waals surface area contributed by atoms with Crippen LogP contribution in [0.25, 0.3) is 0 Å². The van der Waals surface area contributed by atoms with Crippen LogP contribution in [-0.4, -0.2) is 14.6 Å². The Morgan fingerprint density at radius 3 is 1.80 bits per heavy atom. The summed E-state index contributed by atoms with van der Waals surface area (Å²) in [7, 11) is -0.790. The van der Waals surface area contributed by atoms with Crippen LogP contribution < -0.4 is 0 Å². The molecule has 0 saturated heterocycles. The molecular formula is C8H20OSi. The van der Waals surface area contributed by atoms with Gasteiger partial charge < -0.3 is 4.80 Å². The van der Waals surface area contributed by atoms with Gasteiger partial charge in [0.05, 0.1) is 0 Å². The molecular weight excluding hydrogens is 140 g/mol. The fraction of sp³-hybridized carbons (Fsp3) is 1.00. The molecule has 1 nitrogen and oxygen atoms in total. The zero-order chi connectivity index (χ0) is 8.04. The third-order valence-corrected chi connectivity index (χ3v) is 3.56. The van der Waals surface area contributed by atoms with E-state index >= 15 is 0 Å². The van der Waals surface area contributed by atoms with E-state index in [4.69, 9.17) is 0 Å². The summed E-state index contributed by atoms with van der Waals surface area (Å²) in [5, 5.41) is 0.337. The summed E-state index contributed by atoms with van der Waals surface area (Å²) in [6.07, 6.45) is 4.85. The second-order valence-corrected chi connectivity index (χ2v) is 5.49. The zero-order valence-corrected chi connectivity index (χ0v) is 8.90. The number of hydrogen-bond donors (Lipinski definition) is 1. The highest BCUT2D eigenvalue weighted by Gasteiger charge is 2.21. The molecule has 0 atom stereocenters. The van der Waals surface area contributed by atoms with Gasteiger partial charge in [-0.2, -0.15) is 0 Å². The molecule has 10 heavy (non-hydrogen) atoms. The predicted molar refractivity (Wildman–Crippen MR) is 48.9 cm³/mol. The summed E-state index contributed by atoms with van der Waals surface area (Å²) in [4.78, 5) is 9.19. The van der Waals surface area contributed by atoms with Crippen molar-refractivity contribution in [1.82, 2.24) is 0 Å². The van der Waals surface area contributed by atoms with Gasteiger partial charge in [-0.05, 0) is 17.9 Å². The van der Waals surface area contributed by atoms with Crippen LogP contribution in [0.2, 0.25) is 5.04 Å². The van der Waals surface area contributed by atoms with Crippen molar-refractivity contribution in [3.05, 3.63) is 0 Å². The van der Waals surface area contributed by atoms with E-state index in [-0.39, 0.29) is 0 Å². The first-order valence-electron chi connectivity index (χ1n) is 4.29. The Morgan fingerprint density at radius 2 is 1.60 bits per heavy atom. The van der Waals surface area contributed by atoms with Gasteiger partial charge in [-0.1, -0.05) is 33.6 Å². The maximum atomic E-state index is 9.19. The average Bonchev–Trinajstić information content (AvgIpc) is 1.89. The Morgan fingerprint density at radius 1 is 1.20 bits per heavy atom. The van der Waals surface area contributed by atoms with Crippen LogP contribution in [0.5, 0.6) is 0 Å². The quantitative estimate of drug-likeness (QED) is 0.609. The minimum Gasteiger partial charge on any atom is -0.438 e. The summed E-state index contributed by atoms with van der Waals surface area (Å²) in [5.74, 6) is 0. The molecule has 1 N–H and O–H groups in total. The molecule has 0 aromatic heterocycles. The van der Waals surface area contributed by atoms with Crippen molar-refractivity contribution in [3.63, 3.8) is 0 Å². The van der Waals surface area contributed by atoms with Crippen LogP contribution in [0.15, 0.2) is 0 Å². The molecule has 0 radical (unpaired) electrons. The van der Waals surface area contributed by atoms with Gasteiger partial charge >= 0.3 is 0 Å². The van der Waals surface area contributed by atoms with E-state index in [1.54, 1.807) is 0 Å². The molecule has 0 bridgehead atoms. The van der Waals surface area contributed by atoms with Crippen molar-refractivity contribution < 1.29 is 4.80 Å². The summed E-state index contributed by atoms with van der Waals surface area (Å²) in [5.41, 5.74) is 0. The lowest BCUT2D eigenvalue weighted by molar-refractivity contribution is 0.441. The monoisotopic (exact) mass is 160 g/mol. The predicted octanol–water partition coefficient (Wildman–Crippen LogP) is 1.84. The van der Waals surface area contributed by atoms with E-state index in [9.17, 15) is 4.80 Å². The van der Waals surface area contributed by atoms with Crippen LogP contribution in [0.1, 0.15) is 46.5 Å². The lowest BCUT2D eigenvalue weighted by Crippen LogP contribution is -2.16. The lowest BCUT2D eigenvalue weighted by atomic mass is 9.99. The van der Waals surface area contributed by atoms with Crippen molar-refractivity contribution in [3.8, 4) is 0 Å². The third-order valence-electron chi connectivity index (χ3n) is 2.09. The van der Waals surface area contributed by atoms with E-state index in [1.165, 1.54) is 25.7 Å². The highest BCUT2D eigenvalue weighted by atomic mass is 28.2. The molecule has 0 spiro atoms. The standard InChI is InChI=1S/C8H20OSi/c1-4-6-8(3,10-9)7-5-2/h9H,4-7,10H2,1-3H3. The summed E-state index contributed by atoms with van der Waals surface area (Å²) < 4.78 is 0. The highest BCUT2D eigenvalue weighted by Crippen LogP contribution is 2.34. The molecule has 0 saturated carbocycles. The number of rotatable bonds is 5. The second-order valence-electron chi connectivity index (χ2n) is 3.47. The molecule has 0 rings (SSSR count). The Hall–Kier alpha value is 0.177. The van der Waals surface area contributed by atoms with E-state index in [2.05, 4.69) is 20.8 Å². The third kappa shape index (κ3) is 3.37. The van der Waals surface area contributed by atoms with E-state index in [0.29, 0.717) is 5.04 Å². The molecule has 62 valence electrons. The van der Waals surface area contributed by atoms with Crippen molar-refractivity contribution in [2.75, 3.05) is 0 Å². The minimum absolute atomic E-state index is 0.337. The van der Waals surface area contributed by atoms with Crippen LogP contribution >= 0.6 is 0 Å². The number of hydrogen-bond acceptors (Lipinski definition) is 1. The van der Waals surface area contributed by atoms with Crippen LogP contribution in [-0.2, 0) is 0 Å². The zero-order valence-electron chi connectivity index (χ0n) is 7.48. The van der Waals surface area contributed by atoms with Crippen molar-refractivity contribution in [2.24, 2.45) is 0 Å². The van der Waals surface area contributed by atoms with Crippen molar-refractivity contribution in [2.45, 2.75) is 51.5 Å². The van der Waals surface area contributed by atoms with Gasteiger partial charge in [-0.3, -0.25) is 0 Å². The summed E-state index contributed by atoms with van der Waals surface area (Å²) >= 11 is 0. The molecule has 0 unspecified atom stereocenters. The van der Waals surface area contributed by atoms with Crippen LogP contribution in [0.3, 0.4) is 0 Å². The van der Waals surface area contributed by atoms with Gasteiger partial charge in [0.25, 0.3) is 0 Å². The fourth-order valence-electron chi connectivity index (χ4n) is 1.49. The largest absolute Gasteiger partial charge is 0.438 e. The second kappa shape index (κ2) is 4.91. The van der Waals surface area contributed by atoms with E-state index in [1.807, 2.05) is 0 Å². The normalized spacial score (nSPS) is 13.2. The molecule has 0 aromatic rings. The smallest absolute Gasteiger partial charge is 0.162 e. The molecule has 2 heteroatoms. The lowest BCUT2D eigenvalue weighted by Gasteiger charge is -2.25. The molecule has 0 amide bonds. The minimum atomic E-state index is -0.790. The summed E-state index contributed by atoms with van der Waals surface area (Å²) in [6, 6.07) is 0. The first-order chi connectivity index (χ1) is 4.68. The van der Waals surface area contributed by atoms with E-state index < -0.39 is 9.76 Å². The average molecular weight is 160 g/mol. The highest BCUT2D eigenvalue weighted by molar-refractivity contribution is 6.30. The van der Waals surface area contributed by atoms with Crippen molar-refractivity contribution in [1.29, 1.82) is 0 Å². The van der Waals surface area contributed by atoms with Gasteiger partial charge in [0, 0.05) is 0 Å². The Bertz CT molecular complexity index is 77.3. The van der Waals surface area contributed by atoms with Gasteiger partial charge in [-0.15, -0.1) is 0 Å². The first-order valence-corrected chi connectivity index (χ1v) is 5.63. The van der Waals surface area contributed by atoms with Crippen LogP contribution in [0.4, 0.5) is 0 Å². The summed E-state index contributed by atoms with van der Waals surface area (Å²) in [6.45, 7) is 6.61. The maximum Gasteiger partial charge on any atom is 0.162 e. The first kappa shape index (κ1) is 10.2. The SMILES string of the molecule is CCCC(C)(CCC)[SiH2]O. The Kier molecular flexibility index (Phi) is 5.00. The van der Waals surface area contributed by atoms with E-state index in [0.717, 1.165) is 0 Å². The molecule has 0 aromatic carbocycles. The molecule has 0 heterocycles. The van der Waals surface area contributed by atoms with Crippen molar-refractivity contribution >= 4 is 9.76 Å². The fourth-order valence-corrected chi connectivity index (χ4v) is 2.51. The van der Waals surface area contributed by atoms with Crippen LogP contribution in [0, 0.1) is 0 Å². The topological polar surface area (TPSA) is 20.2 Å². The Labute approximate surface area is 66.8 Å². The molecule has 0 aliphatic carbocycles. The molecule has 0 aliphatic rings.